The predicted molar refractivity (Wildman–Crippen MR) is 121 cm³/mol. The molecule has 30 heavy (non-hydrogen) atoms. The number of amides is 1. The van der Waals surface area contributed by atoms with Gasteiger partial charge in [0.1, 0.15) is 0 Å². The molecule has 0 spiro atoms. The van der Waals surface area contributed by atoms with Crippen LogP contribution >= 0.6 is 22.9 Å². The van der Waals surface area contributed by atoms with E-state index in [1.807, 2.05) is 52.9 Å². The van der Waals surface area contributed by atoms with Gasteiger partial charge in [-0.3, -0.25) is 9.59 Å². The molecule has 0 saturated carbocycles. The lowest BCUT2D eigenvalue weighted by Gasteiger charge is -2.27. The number of carboxylic acids is 1. The highest BCUT2D eigenvalue weighted by Crippen LogP contribution is 2.29. The normalized spacial score (nSPS) is 13.6. The summed E-state index contributed by atoms with van der Waals surface area (Å²) in [6.45, 7) is 4.99. The van der Waals surface area contributed by atoms with Gasteiger partial charge in [-0.15, -0.1) is 0 Å². The summed E-state index contributed by atoms with van der Waals surface area (Å²) in [7, 11) is 0. The quantitative estimate of drug-likeness (QED) is 0.616. The molecule has 0 bridgehead atoms. The van der Waals surface area contributed by atoms with Crippen LogP contribution in [0.4, 0.5) is 0 Å². The lowest BCUT2D eigenvalue weighted by Crippen LogP contribution is -2.46. The van der Waals surface area contributed by atoms with Crippen molar-refractivity contribution >= 4 is 45.7 Å². The van der Waals surface area contributed by atoms with Crippen molar-refractivity contribution in [1.29, 1.82) is 0 Å². The molecular weight excluding hydrogens is 422 g/mol. The third kappa shape index (κ3) is 5.56. The maximum atomic E-state index is 12.7. The molecule has 3 aromatic rings. The van der Waals surface area contributed by atoms with Gasteiger partial charge in [-0.1, -0.05) is 24.6 Å². The van der Waals surface area contributed by atoms with Crippen LogP contribution in [0.3, 0.4) is 0 Å². The molecule has 1 fully saturated rings. The van der Waals surface area contributed by atoms with E-state index in [9.17, 15) is 9.59 Å². The van der Waals surface area contributed by atoms with Gasteiger partial charge >= 0.3 is 5.97 Å². The number of fused-ring (bicyclic) bond motifs is 1. The number of hydrogen-bond acceptors (Lipinski definition) is 5. The van der Waals surface area contributed by atoms with Gasteiger partial charge in [0, 0.05) is 54.5 Å². The SMILES string of the molecule is CCCC(=O)O.O=C(c1ccc2c(Cl)cc(-c3ccsc3)nc2c1)N1CCNCC1. The summed E-state index contributed by atoms with van der Waals surface area (Å²) in [5.41, 5.74) is 3.29. The van der Waals surface area contributed by atoms with Crippen molar-refractivity contribution in [2.24, 2.45) is 0 Å². The Balaban J connectivity index is 0.000000377. The van der Waals surface area contributed by atoms with Gasteiger partial charge in [0.2, 0.25) is 0 Å². The second-order valence-electron chi connectivity index (χ2n) is 6.92. The van der Waals surface area contributed by atoms with Crippen molar-refractivity contribution in [3.05, 3.63) is 51.7 Å². The first kappa shape index (κ1) is 22.2. The highest BCUT2D eigenvalue weighted by atomic mass is 35.5. The second-order valence-corrected chi connectivity index (χ2v) is 8.11. The summed E-state index contributed by atoms with van der Waals surface area (Å²) in [5, 5.41) is 16.8. The molecular formula is C22H24ClN3O3S. The van der Waals surface area contributed by atoms with Gasteiger partial charge in [0.25, 0.3) is 5.91 Å². The number of nitrogens with zero attached hydrogens (tertiary/aromatic N) is 2. The minimum Gasteiger partial charge on any atom is -0.481 e. The van der Waals surface area contributed by atoms with E-state index in [-0.39, 0.29) is 5.91 Å². The van der Waals surface area contributed by atoms with Crippen LogP contribution in [0.2, 0.25) is 5.02 Å². The molecule has 3 heterocycles. The van der Waals surface area contributed by atoms with E-state index in [2.05, 4.69) is 5.32 Å². The zero-order valence-corrected chi connectivity index (χ0v) is 18.3. The molecule has 2 N–H and O–H groups in total. The molecule has 4 rings (SSSR count). The van der Waals surface area contributed by atoms with Crippen molar-refractivity contribution in [3.8, 4) is 11.3 Å². The average Bonchev–Trinajstić information content (AvgIpc) is 3.29. The van der Waals surface area contributed by atoms with Crippen molar-refractivity contribution in [1.82, 2.24) is 15.2 Å². The molecule has 1 amide bonds. The Morgan fingerprint density at radius 2 is 2.00 bits per heavy atom. The van der Waals surface area contributed by atoms with Gasteiger partial charge in [0.15, 0.2) is 0 Å². The number of piperazine rings is 1. The van der Waals surface area contributed by atoms with Crippen LogP contribution in [-0.4, -0.2) is 53.0 Å². The maximum absolute atomic E-state index is 12.7. The lowest BCUT2D eigenvalue weighted by molar-refractivity contribution is -0.137. The standard InChI is InChI=1S/C18H16ClN3OS.C4H8O2/c19-15-10-16(13-3-8-24-11-13)21-17-9-12(1-2-14(15)17)18(23)22-6-4-20-5-7-22;1-2-3-4(5)6/h1-3,8-11,20H,4-7H2;2-3H2,1H3,(H,5,6). The number of aromatic nitrogens is 1. The van der Waals surface area contributed by atoms with Gasteiger partial charge in [-0.05, 0) is 36.1 Å². The Labute approximate surface area is 184 Å². The fourth-order valence-corrected chi connectivity index (χ4v) is 4.05. The monoisotopic (exact) mass is 445 g/mol. The van der Waals surface area contributed by atoms with Crippen molar-refractivity contribution in [2.75, 3.05) is 26.2 Å². The summed E-state index contributed by atoms with van der Waals surface area (Å²) in [4.78, 5) is 28.9. The summed E-state index contributed by atoms with van der Waals surface area (Å²) in [5.74, 6) is -0.658. The summed E-state index contributed by atoms with van der Waals surface area (Å²) in [6, 6.07) is 9.47. The van der Waals surface area contributed by atoms with Gasteiger partial charge < -0.3 is 15.3 Å². The zero-order valence-electron chi connectivity index (χ0n) is 16.7. The second kappa shape index (κ2) is 10.5. The number of benzene rings is 1. The number of hydrogen-bond donors (Lipinski definition) is 2. The fraction of sp³-hybridized carbons (Fsp3) is 0.318. The van der Waals surface area contributed by atoms with Crippen molar-refractivity contribution < 1.29 is 14.7 Å². The molecule has 0 aliphatic carbocycles. The number of carbonyl (C=O) groups excluding carboxylic acids is 1. The van der Waals surface area contributed by atoms with E-state index in [0.29, 0.717) is 17.0 Å². The molecule has 0 atom stereocenters. The molecule has 6 nitrogen and oxygen atoms in total. The number of carboxylic acid groups (broad SMARTS) is 1. The molecule has 8 heteroatoms. The molecule has 1 aliphatic rings. The minimum absolute atomic E-state index is 0.0530. The lowest BCUT2D eigenvalue weighted by atomic mass is 10.1. The van der Waals surface area contributed by atoms with E-state index in [1.54, 1.807) is 11.3 Å². The third-order valence-corrected chi connectivity index (χ3v) is 5.69. The third-order valence-electron chi connectivity index (χ3n) is 4.69. The van der Waals surface area contributed by atoms with E-state index < -0.39 is 5.97 Å². The molecule has 1 aliphatic heterocycles. The summed E-state index contributed by atoms with van der Waals surface area (Å²) < 4.78 is 0. The van der Waals surface area contributed by atoms with Crippen LogP contribution < -0.4 is 5.32 Å². The average molecular weight is 446 g/mol. The first-order chi connectivity index (χ1) is 14.5. The Bertz CT molecular complexity index is 1020. The van der Waals surface area contributed by atoms with E-state index in [4.69, 9.17) is 21.7 Å². The van der Waals surface area contributed by atoms with Crippen LogP contribution in [0.25, 0.3) is 22.2 Å². The smallest absolute Gasteiger partial charge is 0.303 e. The first-order valence-electron chi connectivity index (χ1n) is 9.84. The van der Waals surface area contributed by atoms with Crippen LogP contribution in [0.5, 0.6) is 0 Å². The highest BCUT2D eigenvalue weighted by Gasteiger charge is 2.18. The highest BCUT2D eigenvalue weighted by molar-refractivity contribution is 7.08. The van der Waals surface area contributed by atoms with Crippen LogP contribution in [-0.2, 0) is 4.79 Å². The van der Waals surface area contributed by atoms with Crippen LogP contribution in [0.15, 0.2) is 41.1 Å². The van der Waals surface area contributed by atoms with Crippen LogP contribution in [0, 0.1) is 0 Å². The Morgan fingerprint density at radius 1 is 1.23 bits per heavy atom. The maximum Gasteiger partial charge on any atom is 0.303 e. The Hall–Kier alpha value is -2.48. The van der Waals surface area contributed by atoms with E-state index in [1.165, 1.54) is 0 Å². The summed E-state index contributed by atoms with van der Waals surface area (Å²) >= 11 is 8.04. The number of thiophene rings is 1. The topological polar surface area (TPSA) is 82.5 Å². The molecule has 1 saturated heterocycles. The number of nitrogens with one attached hydrogen (secondary N) is 1. The minimum atomic E-state index is -0.711. The zero-order chi connectivity index (χ0) is 21.5. The summed E-state index contributed by atoms with van der Waals surface area (Å²) in [6.07, 6.45) is 1.02. The molecule has 1 aromatic carbocycles. The molecule has 0 radical (unpaired) electrons. The largest absolute Gasteiger partial charge is 0.481 e. The number of pyridine rings is 1. The Morgan fingerprint density at radius 3 is 2.60 bits per heavy atom. The van der Waals surface area contributed by atoms with Crippen molar-refractivity contribution in [2.45, 2.75) is 19.8 Å². The number of carbonyl (C=O) groups is 2. The van der Waals surface area contributed by atoms with Gasteiger partial charge in [0.05, 0.1) is 16.2 Å². The predicted octanol–water partition coefficient (Wildman–Crippen LogP) is 4.53. The fourth-order valence-electron chi connectivity index (χ4n) is 3.14. The number of halogens is 1. The van der Waals surface area contributed by atoms with Crippen molar-refractivity contribution in [3.63, 3.8) is 0 Å². The number of rotatable bonds is 4. The molecule has 158 valence electrons. The molecule has 0 unspecified atom stereocenters. The number of aliphatic carboxylic acids is 1. The first-order valence-corrected chi connectivity index (χ1v) is 11.2. The Kier molecular flexibility index (Phi) is 7.79. The van der Waals surface area contributed by atoms with E-state index in [0.717, 1.165) is 54.8 Å². The van der Waals surface area contributed by atoms with E-state index >= 15 is 0 Å². The van der Waals surface area contributed by atoms with Crippen LogP contribution in [0.1, 0.15) is 30.1 Å². The van der Waals surface area contributed by atoms with Gasteiger partial charge in [-0.25, -0.2) is 4.98 Å². The van der Waals surface area contributed by atoms with Gasteiger partial charge in [-0.2, -0.15) is 11.3 Å². The molecule has 2 aromatic heterocycles.